The van der Waals surface area contributed by atoms with E-state index in [1.807, 2.05) is 6.92 Å². The van der Waals surface area contributed by atoms with E-state index in [1.54, 1.807) is 12.2 Å². The molecule has 3 N–H and O–H groups in total. The number of nitrogens with zero attached hydrogens (tertiary/aromatic N) is 3. The van der Waals surface area contributed by atoms with Gasteiger partial charge in [0.1, 0.15) is 29.5 Å². The van der Waals surface area contributed by atoms with Crippen LogP contribution >= 0.6 is 0 Å². The number of carbonyl (C=O) groups is 4. The zero-order chi connectivity index (χ0) is 45.6. The SMILES string of the molecule is COC[C@@H]1C[C@@H](C)CC/C=C\[C@H]2C[C@]2(C(=O)NS(=O)(=O)C2CC2)NC(=O)[C@@H]2C[C@@H](Oc3nc4cc(OC)ccc4nc3C(F)(F)F)CN2C(=O)[C@H]1NC(=O)OC(C)(C)C(F)(F)F. The molecule has 4 amide bonds. The van der Waals surface area contributed by atoms with Gasteiger partial charge in [0.2, 0.25) is 39.0 Å². The molecule has 7 atom stereocenters. The fourth-order valence-electron chi connectivity index (χ4n) is 7.71. The van der Waals surface area contributed by atoms with Gasteiger partial charge in [-0.2, -0.15) is 26.3 Å². The van der Waals surface area contributed by atoms with E-state index in [2.05, 4.69) is 25.3 Å². The van der Waals surface area contributed by atoms with Gasteiger partial charge in [-0.15, -0.1) is 0 Å². The van der Waals surface area contributed by atoms with E-state index >= 15 is 0 Å². The average Bonchev–Trinajstić information content (AvgIpc) is 4.10. The molecule has 2 aromatic rings. The summed E-state index contributed by atoms with van der Waals surface area (Å²) in [5.74, 6) is -5.77. The Bertz CT molecular complexity index is 2200. The van der Waals surface area contributed by atoms with Gasteiger partial charge in [-0.1, -0.05) is 19.1 Å². The molecule has 3 fully saturated rings. The van der Waals surface area contributed by atoms with Crippen molar-refractivity contribution in [2.45, 2.75) is 113 Å². The molecule has 62 heavy (non-hydrogen) atoms. The van der Waals surface area contributed by atoms with Gasteiger partial charge < -0.3 is 34.5 Å². The topological polar surface area (TPSA) is 204 Å². The number of nitrogens with one attached hydrogen (secondary N) is 3. The van der Waals surface area contributed by atoms with Gasteiger partial charge in [0.05, 0.1) is 36.5 Å². The molecular formula is C39H48F6N6O10S. The Morgan fingerprint density at radius 3 is 2.35 bits per heavy atom. The number of amides is 4. The summed E-state index contributed by atoms with van der Waals surface area (Å²) < 4.78 is 134. The molecule has 16 nitrogen and oxygen atoms in total. The van der Waals surface area contributed by atoms with Crippen molar-refractivity contribution in [1.29, 1.82) is 0 Å². The highest BCUT2D eigenvalue weighted by atomic mass is 32.2. The van der Waals surface area contributed by atoms with Crippen LogP contribution in [0.25, 0.3) is 11.0 Å². The van der Waals surface area contributed by atoms with Gasteiger partial charge >= 0.3 is 18.4 Å². The monoisotopic (exact) mass is 906 g/mol. The van der Waals surface area contributed by atoms with Crippen molar-refractivity contribution in [3.05, 3.63) is 36.0 Å². The maximum atomic E-state index is 14.9. The summed E-state index contributed by atoms with van der Waals surface area (Å²) in [6.07, 6.45) is -8.67. The number of hydrogen-bond acceptors (Lipinski definition) is 12. The van der Waals surface area contributed by atoms with E-state index in [0.717, 1.165) is 4.90 Å². The molecule has 4 aliphatic rings. The number of rotatable bonds is 10. The number of halogens is 6. The summed E-state index contributed by atoms with van der Waals surface area (Å²) in [5, 5.41) is 4.07. The van der Waals surface area contributed by atoms with Crippen molar-refractivity contribution < 1.29 is 72.9 Å². The first-order valence-corrected chi connectivity index (χ1v) is 21.4. The Labute approximate surface area is 352 Å². The number of ether oxygens (including phenoxy) is 4. The summed E-state index contributed by atoms with van der Waals surface area (Å²) in [4.78, 5) is 65.1. The Morgan fingerprint density at radius 2 is 1.73 bits per heavy atom. The van der Waals surface area contributed by atoms with Crippen LogP contribution in [-0.4, -0.2) is 115 Å². The maximum absolute atomic E-state index is 14.9. The van der Waals surface area contributed by atoms with Crippen LogP contribution in [-0.2, 0) is 40.1 Å². The number of allylic oxidation sites excluding steroid dienone is 1. The molecule has 2 aliphatic heterocycles. The van der Waals surface area contributed by atoms with Gasteiger partial charge in [0.15, 0.2) is 0 Å². The predicted octanol–water partition coefficient (Wildman–Crippen LogP) is 4.56. The van der Waals surface area contributed by atoms with Crippen LogP contribution in [0.3, 0.4) is 0 Å². The van der Waals surface area contributed by atoms with Gasteiger partial charge in [0.25, 0.3) is 5.91 Å². The van der Waals surface area contributed by atoms with Crippen molar-refractivity contribution in [1.82, 2.24) is 30.2 Å². The highest BCUT2D eigenvalue weighted by molar-refractivity contribution is 7.91. The second-order valence-corrected chi connectivity index (χ2v) is 18.7. The highest BCUT2D eigenvalue weighted by Gasteiger charge is 2.62. The zero-order valence-electron chi connectivity index (χ0n) is 34.4. The molecule has 23 heteroatoms. The van der Waals surface area contributed by atoms with Crippen LogP contribution in [0.5, 0.6) is 11.6 Å². The van der Waals surface area contributed by atoms with Crippen molar-refractivity contribution in [3.63, 3.8) is 0 Å². The standard InChI is InChI=1S/C39H48F6N6O10S/c1-20-8-6-7-9-22-17-37(22,34(54)50-62(56,57)25-11-12-25)49-31(52)28-16-24(60-32-30(38(40,41)42)46-26-13-10-23(59-5)15-27(26)47-32)18-51(28)33(53)29(21(14-20)19-58-4)48-35(55)61-36(2,3)39(43,44)45/h7,9-10,13,15,20-22,24-25,28-29H,6,8,11-12,14,16-19H2,1-5H3,(H,48,55)(H,49,52)(H,50,54)/b9-7-/t20-,21-,22-,24+,28-,29-,37-/m0/s1. The van der Waals surface area contributed by atoms with Gasteiger partial charge in [-0.05, 0) is 70.4 Å². The molecule has 1 aromatic heterocycles. The molecule has 342 valence electrons. The molecule has 0 bridgehead atoms. The molecule has 2 aliphatic carbocycles. The Kier molecular flexibility index (Phi) is 13.0. The fraction of sp³-hybridized carbons (Fsp3) is 0.641. The lowest BCUT2D eigenvalue weighted by molar-refractivity contribution is -0.244. The number of methoxy groups -OCH3 is 2. The molecule has 0 radical (unpaired) electrons. The lowest BCUT2D eigenvalue weighted by atomic mass is 9.87. The lowest BCUT2D eigenvalue weighted by Gasteiger charge is -2.35. The van der Waals surface area contributed by atoms with E-state index < -0.39 is 117 Å². The van der Waals surface area contributed by atoms with Crippen molar-refractivity contribution in [3.8, 4) is 11.6 Å². The molecule has 1 saturated heterocycles. The second kappa shape index (κ2) is 17.3. The Morgan fingerprint density at radius 1 is 1.02 bits per heavy atom. The fourth-order valence-corrected chi connectivity index (χ4v) is 9.07. The molecule has 2 saturated carbocycles. The number of hydrogen-bond donors (Lipinski definition) is 3. The van der Waals surface area contributed by atoms with Gasteiger partial charge in [-0.3, -0.25) is 19.1 Å². The highest BCUT2D eigenvalue weighted by Crippen LogP contribution is 2.46. The van der Waals surface area contributed by atoms with E-state index in [-0.39, 0.29) is 42.1 Å². The van der Waals surface area contributed by atoms with Crippen LogP contribution in [0.4, 0.5) is 31.1 Å². The number of fused-ring (bicyclic) bond motifs is 3. The third-order valence-electron chi connectivity index (χ3n) is 11.5. The summed E-state index contributed by atoms with van der Waals surface area (Å²) in [7, 11) is -1.48. The number of carbonyl (C=O) groups excluding carboxylic acids is 4. The first-order valence-electron chi connectivity index (χ1n) is 19.9. The number of aromatic nitrogens is 2. The normalized spacial score (nSPS) is 28.1. The van der Waals surface area contributed by atoms with Crippen molar-refractivity contribution >= 4 is 44.9 Å². The van der Waals surface area contributed by atoms with Crippen LogP contribution < -0.4 is 24.8 Å². The van der Waals surface area contributed by atoms with Gasteiger partial charge in [0, 0.05) is 31.4 Å². The first kappa shape index (κ1) is 46.6. The molecular weight excluding hydrogens is 859 g/mol. The first-order chi connectivity index (χ1) is 28.9. The van der Waals surface area contributed by atoms with Crippen molar-refractivity contribution in [2.24, 2.45) is 17.8 Å². The minimum atomic E-state index is -5.11. The third-order valence-corrected chi connectivity index (χ3v) is 13.3. The molecule has 6 rings (SSSR count). The van der Waals surface area contributed by atoms with Crippen LogP contribution in [0.15, 0.2) is 30.4 Å². The van der Waals surface area contributed by atoms with Crippen LogP contribution in [0, 0.1) is 17.8 Å². The zero-order valence-corrected chi connectivity index (χ0v) is 35.2. The Balaban J connectivity index is 1.41. The average molecular weight is 907 g/mol. The van der Waals surface area contributed by atoms with Crippen LogP contribution in [0.1, 0.15) is 71.4 Å². The number of alkyl carbamates (subject to hydrolysis) is 1. The van der Waals surface area contributed by atoms with Crippen molar-refractivity contribution in [2.75, 3.05) is 27.4 Å². The molecule has 0 spiro atoms. The predicted molar refractivity (Wildman–Crippen MR) is 206 cm³/mol. The van der Waals surface area contributed by atoms with E-state index in [1.165, 1.54) is 32.4 Å². The summed E-state index contributed by atoms with van der Waals surface area (Å²) in [5.41, 5.74) is -6.58. The summed E-state index contributed by atoms with van der Waals surface area (Å²) >= 11 is 0. The maximum Gasteiger partial charge on any atom is 0.438 e. The quantitative estimate of drug-likeness (QED) is 0.222. The minimum absolute atomic E-state index is 0.0383. The largest absolute Gasteiger partial charge is 0.497 e. The molecule has 0 unspecified atom stereocenters. The number of alkyl halides is 6. The van der Waals surface area contributed by atoms with E-state index in [4.69, 9.17) is 18.9 Å². The molecule has 1 aromatic carbocycles. The number of sulfonamides is 1. The summed E-state index contributed by atoms with van der Waals surface area (Å²) in [6.45, 7) is 2.16. The third kappa shape index (κ3) is 10.1. The molecule has 3 heterocycles. The smallest absolute Gasteiger partial charge is 0.438 e. The summed E-state index contributed by atoms with van der Waals surface area (Å²) in [6, 6.07) is 0.537. The Hall–Kier alpha value is -4.93. The van der Waals surface area contributed by atoms with E-state index in [9.17, 15) is 53.9 Å². The van der Waals surface area contributed by atoms with Gasteiger partial charge in [-0.25, -0.2) is 23.2 Å². The minimum Gasteiger partial charge on any atom is -0.497 e. The second-order valence-electron chi connectivity index (χ2n) is 16.7. The van der Waals surface area contributed by atoms with Crippen LogP contribution in [0.2, 0.25) is 0 Å². The lowest BCUT2D eigenvalue weighted by Crippen LogP contribution is -2.60. The van der Waals surface area contributed by atoms with E-state index in [0.29, 0.717) is 39.5 Å². The number of benzene rings is 1.